The molecule has 0 unspecified atom stereocenters. The van der Waals surface area contributed by atoms with Gasteiger partial charge in [0.1, 0.15) is 11.5 Å². The summed E-state index contributed by atoms with van der Waals surface area (Å²) in [6, 6.07) is 2.05. The zero-order valence-corrected chi connectivity index (χ0v) is 10.3. The van der Waals surface area contributed by atoms with Gasteiger partial charge in [0.15, 0.2) is 0 Å². The Bertz CT molecular complexity index is 296. The highest BCUT2D eigenvalue weighted by atomic mass is 16.5. The molecule has 0 bridgehead atoms. The lowest BCUT2D eigenvalue weighted by atomic mass is 10.2. The van der Waals surface area contributed by atoms with E-state index in [9.17, 15) is 0 Å². The van der Waals surface area contributed by atoms with Crippen molar-refractivity contribution in [3.8, 4) is 0 Å². The van der Waals surface area contributed by atoms with Crippen molar-refractivity contribution in [3.05, 3.63) is 23.2 Å². The lowest BCUT2D eigenvalue weighted by Gasteiger charge is -2.01. The summed E-state index contributed by atoms with van der Waals surface area (Å²) in [4.78, 5) is 0. The lowest BCUT2D eigenvalue weighted by molar-refractivity contribution is 0.0611. The van der Waals surface area contributed by atoms with Gasteiger partial charge in [0, 0.05) is 12.7 Å². The number of hydrogen-bond donors (Lipinski definition) is 1. The predicted molar refractivity (Wildman–Crippen MR) is 62.4 cm³/mol. The molecule has 92 valence electrons. The van der Waals surface area contributed by atoms with Crippen LogP contribution in [0.4, 0.5) is 0 Å². The molecule has 0 atom stereocenters. The fourth-order valence-electron chi connectivity index (χ4n) is 1.39. The molecule has 4 nitrogen and oxygen atoms in total. The SMILES string of the molecule is CCNCc1cc(COCCOC)c(C)o1. The minimum atomic E-state index is 0.588. The van der Waals surface area contributed by atoms with Crippen molar-refractivity contribution in [2.75, 3.05) is 26.9 Å². The molecule has 1 heterocycles. The number of ether oxygens (including phenoxy) is 2. The molecule has 0 aliphatic heterocycles. The number of nitrogens with one attached hydrogen (secondary N) is 1. The summed E-state index contributed by atoms with van der Waals surface area (Å²) in [5.74, 6) is 1.90. The Balaban J connectivity index is 2.37. The van der Waals surface area contributed by atoms with Gasteiger partial charge in [-0.1, -0.05) is 6.92 Å². The predicted octanol–water partition coefficient (Wildman–Crippen LogP) is 1.86. The summed E-state index contributed by atoms with van der Waals surface area (Å²) < 4.78 is 16.0. The van der Waals surface area contributed by atoms with Crippen LogP contribution in [0, 0.1) is 6.92 Å². The minimum absolute atomic E-state index is 0.588. The van der Waals surface area contributed by atoms with E-state index in [1.165, 1.54) is 0 Å². The molecule has 0 spiro atoms. The highest BCUT2D eigenvalue weighted by Crippen LogP contribution is 2.15. The molecule has 4 heteroatoms. The Hall–Kier alpha value is -0.840. The van der Waals surface area contributed by atoms with Gasteiger partial charge in [0.25, 0.3) is 0 Å². The van der Waals surface area contributed by atoms with Gasteiger partial charge < -0.3 is 19.2 Å². The van der Waals surface area contributed by atoms with Gasteiger partial charge in [-0.3, -0.25) is 0 Å². The summed E-state index contributed by atoms with van der Waals surface area (Å²) in [5.41, 5.74) is 1.11. The van der Waals surface area contributed by atoms with Crippen LogP contribution in [0.2, 0.25) is 0 Å². The Labute approximate surface area is 96.9 Å². The molecule has 0 aliphatic rings. The molecule has 1 aromatic heterocycles. The van der Waals surface area contributed by atoms with Crippen molar-refractivity contribution in [3.63, 3.8) is 0 Å². The Kier molecular flexibility index (Phi) is 6.15. The maximum Gasteiger partial charge on any atom is 0.118 e. The number of methoxy groups -OCH3 is 1. The topological polar surface area (TPSA) is 43.6 Å². The molecular formula is C12H21NO3. The Morgan fingerprint density at radius 2 is 2.19 bits per heavy atom. The third-order valence-electron chi connectivity index (χ3n) is 2.31. The molecule has 0 aliphatic carbocycles. The van der Waals surface area contributed by atoms with Crippen molar-refractivity contribution in [2.45, 2.75) is 27.0 Å². The van der Waals surface area contributed by atoms with Gasteiger partial charge >= 0.3 is 0 Å². The largest absolute Gasteiger partial charge is 0.465 e. The monoisotopic (exact) mass is 227 g/mol. The van der Waals surface area contributed by atoms with Crippen molar-refractivity contribution in [2.24, 2.45) is 0 Å². The van der Waals surface area contributed by atoms with Gasteiger partial charge in [-0.2, -0.15) is 0 Å². The zero-order valence-electron chi connectivity index (χ0n) is 10.3. The maximum absolute atomic E-state index is 5.60. The standard InChI is InChI=1S/C12H21NO3/c1-4-13-8-12-7-11(10(2)16-12)9-15-6-5-14-3/h7,13H,4-6,8-9H2,1-3H3. The highest BCUT2D eigenvalue weighted by molar-refractivity contribution is 5.19. The molecule has 0 fully saturated rings. The van der Waals surface area contributed by atoms with Gasteiger partial charge in [0.05, 0.1) is 26.4 Å². The van der Waals surface area contributed by atoms with Crippen molar-refractivity contribution in [1.82, 2.24) is 5.32 Å². The van der Waals surface area contributed by atoms with Gasteiger partial charge in [0.2, 0.25) is 0 Å². The lowest BCUT2D eigenvalue weighted by Crippen LogP contribution is -2.10. The van der Waals surface area contributed by atoms with E-state index in [0.717, 1.165) is 30.2 Å². The zero-order chi connectivity index (χ0) is 11.8. The summed E-state index contributed by atoms with van der Waals surface area (Å²) >= 11 is 0. The van der Waals surface area contributed by atoms with Crippen LogP contribution in [-0.2, 0) is 22.6 Å². The van der Waals surface area contributed by atoms with Gasteiger partial charge in [-0.25, -0.2) is 0 Å². The normalized spacial score (nSPS) is 10.9. The first-order valence-corrected chi connectivity index (χ1v) is 5.63. The average Bonchev–Trinajstić information content (AvgIpc) is 2.63. The van der Waals surface area contributed by atoms with E-state index in [4.69, 9.17) is 13.9 Å². The first kappa shape index (κ1) is 13.2. The maximum atomic E-state index is 5.60. The molecule has 0 aromatic carbocycles. The summed E-state index contributed by atoms with van der Waals surface area (Å²) in [7, 11) is 1.67. The van der Waals surface area contributed by atoms with E-state index in [1.54, 1.807) is 7.11 Å². The second-order valence-electron chi connectivity index (χ2n) is 3.62. The van der Waals surface area contributed by atoms with Crippen LogP contribution in [0.25, 0.3) is 0 Å². The summed E-state index contributed by atoms with van der Waals surface area (Å²) in [6.45, 7) is 7.58. The molecule has 1 N–H and O–H groups in total. The number of furan rings is 1. The third kappa shape index (κ3) is 4.35. The second-order valence-corrected chi connectivity index (χ2v) is 3.62. The smallest absolute Gasteiger partial charge is 0.118 e. The van der Waals surface area contributed by atoms with E-state index in [-0.39, 0.29) is 0 Å². The van der Waals surface area contributed by atoms with Crippen LogP contribution in [-0.4, -0.2) is 26.9 Å². The average molecular weight is 227 g/mol. The van der Waals surface area contributed by atoms with Crippen molar-refractivity contribution < 1.29 is 13.9 Å². The quantitative estimate of drug-likeness (QED) is 0.688. The number of aryl methyl sites for hydroxylation is 1. The van der Waals surface area contributed by atoms with E-state index in [0.29, 0.717) is 19.8 Å². The highest BCUT2D eigenvalue weighted by Gasteiger charge is 2.06. The fourth-order valence-corrected chi connectivity index (χ4v) is 1.39. The van der Waals surface area contributed by atoms with Crippen LogP contribution in [0.3, 0.4) is 0 Å². The van der Waals surface area contributed by atoms with Crippen molar-refractivity contribution in [1.29, 1.82) is 0 Å². The van der Waals surface area contributed by atoms with Crippen LogP contribution in [0.1, 0.15) is 24.0 Å². The third-order valence-corrected chi connectivity index (χ3v) is 2.31. The molecular weight excluding hydrogens is 206 g/mol. The van der Waals surface area contributed by atoms with Crippen LogP contribution >= 0.6 is 0 Å². The van der Waals surface area contributed by atoms with Crippen LogP contribution in [0.5, 0.6) is 0 Å². The van der Waals surface area contributed by atoms with E-state index in [1.807, 2.05) is 13.0 Å². The first-order valence-electron chi connectivity index (χ1n) is 5.63. The van der Waals surface area contributed by atoms with E-state index in [2.05, 4.69) is 12.2 Å². The Morgan fingerprint density at radius 3 is 2.88 bits per heavy atom. The molecule has 0 amide bonds. The molecule has 1 aromatic rings. The van der Waals surface area contributed by atoms with E-state index < -0.39 is 0 Å². The minimum Gasteiger partial charge on any atom is -0.465 e. The van der Waals surface area contributed by atoms with Gasteiger partial charge in [-0.15, -0.1) is 0 Å². The first-order chi connectivity index (χ1) is 7.77. The van der Waals surface area contributed by atoms with Crippen molar-refractivity contribution >= 4 is 0 Å². The summed E-state index contributed by atoms with van der Waals surface area (Å²) in [5, 5.41) is 3.23. The summed E-state index contributed by atoms with van der Waals surface area (Å²) in [6.07, 6.45) is 0. The number of rotatable bonds is 8. The molecule has 16 heavy (non-hydrogen) atoms. The van der Waals surface area contributed by atoms with Crippen LogP contribution < -0.4 is 5.32 Å². The molecule has 0 saturated carbocycles. The number of hydrogen-bond acceptors (Lipinski definition) is 4. The second kappa shape index (κ2) is 7.44. The fraction of sp³-hybridized carbons (Fsp3) is 0.667. The molecule has 0 radical (unpaired) electrons. The Morgan fingerprint density at radius 1 is 1.38 bits per heavy atom. The molecule has 0 saturated heterocycles. The van der Waals surface area contributed by atoms with Gasteiger partial charge in [-0.05, 0) is 19.5 Å². The molecule has 1 rings (SSSR count). The van der Waals surface area contributed by atoms with Crippen LogP contribution in [0.15, 0.2) is 10.5 Å². The van der Waals surface area contributed by atoms with E-state index >= 15 is 0 Å².